The Hall–Kier alpha value is -3.28. The van der Waals surface area contributed by atoms with Crippen LogP contribution in [0.5, 0.6) is 0 Å². The van der Waals surface area contributed by atoms with E-state index in [4.69, 9.17) is 0 Å². The maximum atomic E-state index is 13.0. The van der Waals surface area contributed by atoms with Crippen LogP contribution < -0.4 is 5.56 Å². The summed E-state index contributed by atoms with van der Waals surface area (Å²) in [5, 5.41) is 3.01. The summed E-state index contributed by atoms with van der Waals surface area (Å²) in [6.07, 6.45) is 2.16. The van der Waals surface area contributed by atoms with Gasteiger partial charge in [-0.1, -0.05) is 18.2 Å². The Balaban J connectivity index is 1.74. The number of fused-ring (bicyclic) bond motifs is 1. The van der Waals surface area contributed by atoms with Gasteiger partial charge in [0.05, 0.1) is 17.1 Å². The number of aromatic nitrogens is 4. The summed E-state index contributed by atoms with van der Waals surface area (Å²) in [5.74, 6) is -0.284. The van der Waals surface area contributed by atoms with Gasteiger partial charge >= 0.3 is 0 Å². The summed E-state index contributed by atoms with van der Waals surface area (Å²) >= 11 is 0. The quantitative estimate of drug-likeness (QED) is 0.631. The highest BCUT2D eigenvalue weighted by Gasteiger charge is 2.09. The second-order valence-corrected chi connectivity index (χ2v) is 5.47. The molecule has 4 rings (SSSR count). The molecule has 0 bridgehead atoms. The number of nitrogens with zero attached hydrogens (tertiary/aromatic N) is 3. The highest BCUT2D eigenvalue weighted by atomic mass is 19.1. The molecule has 0 atom stereocenters. The molecule has 4 aromatic rings. The van der Waals surface area contributed by atoms with Gasteiger partial charge in [0.25, 0.3) is 5.56 Å². The van der Waals surface area contributed by atoms with Crippen molar-refractivity contribution in [2.45, 2.75) is 6.42 Å². The van der Waals surface area contributed by atoms with E-state index in [-0.39, 0.29) is 11.4 Å². The van der Waals surface area contributed by atoms with Crippen LogP contribution in [0.25, 0.3) is 17.0 Å². The van der Waals surface area contributed by atoms with Crippen LogP contribution in [-0.2, 0) is 6.42 Å². The fourth-order valence-corrected chi connectivity index (χ4v) is 2.60. The van der Waals surface area contributed by atoms with Crippen LogP contribution in [0.3, 0.4) is 0 Å². The van der Waals surface area contributed by atoms with Gasteiger partial charge in [-0.15, -0.1) is 0 Å². The number of nitrogens with one attached hydrogen (secondary N) is 1. The molecule has 6 heteroatoms. The number of rotatable bonds is 3. The van der Waals surface area contributed by atoms with Crippen molar-refractivity contribution in [2.75, 3.05) is 0 Å². The summed E-state index contributed by atoms with van der Waals surface area (Å²) in [5.41, 5.74) is 3.33. The van der Waals surface area contributed by atoms with E-state index in [1.807, 2.05) is 18.2 Å². The fourth-order valence-electron chi connectivity index (χ4n) is 2.60. The third-order valence-corrected chi connectivity index (χ3v) is 3.74. The molecule has 0 saturated carbocycles. The summed E-state index contributed by atoms with van der Waals surface area (Å²) in [6, 6.07) is 15.0. The molecule has 3 heterocycles. The van der Waals surface area contributed by atoms with Crippen LogP contribution in [0.1, 0.15) is 11.3 Å². The van der Waals surface area contributed by atoms with Crippen molar-refractivity contribution >= 4 is 5.65 Å². The van der Waals surface area contributed by atoms with Crippen molar-refractivity contribution in [1.82, 2.24) is 19.6 Å². The molecule has 0 amide bonds. The smallest absolute Gasteiger partial charge is 0.272 e. The van der Waals surface area contributed by atoms with E-state index in [1.54, 1.807) is 24.4 Å². The fraction of sp³-hybridized carbons (Fsp3) is 0.0556. The van der Waals surface area contributed by atoms with Crippen LogP contribution in [0, 0.1) is 5.82 Å². The lowest BCUT2D eigenvalue weighted by molar-refractivity contribution is 0.627. The lowest BCUT2D eigenvalue weighted by atomic mass is 10.1. The van der Waals surface area contributed by atoms with E-state index in [0.29, 0.717) is 17.8 Å². The Kier molecular flexibility index (Phi) is 3.42. The lowest BCUT2D eigenvalue weighted by Gasteiger charge is -2.01. The molecule has 0 aliphatic carbocycles. The molecular formula is C18H13FN4O. The second kappa shape index (κ2) is 5.73. The van der Waals surface area contributed by atoms with Gasteiger partial charge in [-0.05, 0) is 29.8 Å². The maximum absolute atomic E-state index is 13.0. The van der Waals surface area contributed by atoms with Gasteiger partial charge in [-0.3, -0.25) is 14.9 Å². The highest BCUT2D eigenvalue weighted by Crippen LogP contribution is 2.16. The van der Waals surface area contributed by atoms with Gasteiger partial charge < -0.3 is 0 Å². The van der Waals surface area contributed by atoms with Crippen LogP contribution in [0.2, 0.25) is 0 Å². The Bertz CT molecular complexity index is 1050. The molecule has 118 valence electrons. The zero-order valence-electron chi connectivity index (χ0n) is 12.6. The maximum Gasteiger partial charge on any atom is 0.272 e. The van der Waals surface area contributed by atoms with Gasteiger partial charge in [0.1, 0.15) is 5.82 Å². The lowest BCUT2D eigenvalue weighted by Crippen LogP contribution is -2.15. The van der Waals surface area contributed by atoms with E-state index >= 15 is 0 Å². The summed E-state index contributed by atoms with van der Waals surface area (Å²) in [4.78, 5) is 21.1. The predicted molar refractivity (Wildman–Crippen MR) is 88.2 cm³/mol. The molecule has 0 aliphatic rings. The third-order valence-electron chi connectivity index (χ3n) is 3.74. The number of H-pyrrole nitrogens is 1. The van der Waals surface area contributed by atoms with E-state index < -0.39 is 0 Å². The molecule has 0 saturated heterocycles. The van der Waals surface area contributed by atoms with Crippen LogP contribution in [0.4, 0.5) is 4.39 Å². The Morgan fingerprint density at radius 2 is 1.92 bits per heavy atom. The minimum absolute atomic E-state index is 0.195. The molecule has 0 spiro atoms. The van der Waals surface area contributed by atoms with Gasteiger partial charge in [0.15, 0.2) is 5.65 Å². The number of hydrogen-bond acceptors (Lipinski definition) is 3. The molecule has 24 heavy (non-hydrogen) atoms. The first kappa shape index (κ1) is 14.3. The Labute approximate surface area is 136 Å². The van der Waals surface area contributed by atoms with Crippen LogP contribution in [-0.4, -0.2) is 19.6 Å². The van der Waals surface area contributed by atoms with Crippen molar-refractivity contribution in [3.05, 3.63) is 88.2 Å². The van der Waals surface area contributed by atoms with Gasteiger partial charge in [-0.25, -0.2) is 13.9 Å². The average molecular weight is 320 g/mol. The van der Waals surface area contributed by atoms with Gasteiger partial charge in [0, 0.05) is 24.8 Å². The zero-order chi connectivity index (χ0) is 16.5. The standard InChI is InChI=1S/C18H13FN4O/c19-13-6-4-12(5-7-13)9-14-10-18(24)23-17(21-14)11-16(22-23)15-3-1-2-8-20-15/h1-8,10-11,22H,9H2. The summed E-state index contributed by atoms with van der Waals surface area (Å²) in [7, 11) is 0. The minimum Gasteiger partial charge on any atom is -0.287 e. The van der Waals surface area contributed by atoms with Crippen molar-refractivity contribution in [1.29, 1.82) is 0 Å². The largest absolute Gasteiger partial charge is 0.287 e. The molecule has 5 nitrogen and oxygen atoms in total. The summed E-state index contributed by atoms with van der Waals surface area (Å²) in [6.45, 7) is 0. The number of pyridine rings is 1. The predicted octanol–water partition coefficient (Wildman–Crippen LogP) is 2.81. The Morgan fingerprint density at radius 1 is 1.08 bits per heavy atom. The molecule has 0 aliphatic heterocycles. The number of halogens is 1. The van der Waals surface area contributed by atoms with Gasteiger partial charge in [0.2, 0.25) is 0 Å². The van der Waals surface area contributed by atoms with E-state index in [0.717, 1.165) is 17.0 Å². The SMILES string of the molecule is O=c1cc(Cc2ccc(F)cc2)nc2cc(-c3ccccn3)[nH]n12. The minimum atomic E-state index is -0.284. The first-order valence-electron chi connectivity index (χ1n) is 7.46. The van der Waals surface area contributed by atoms with E-state index in [2.05, 4.69) is 15.1 Å². The van der Waals surface area contributed by atoms with Crippen molar-refractivity contribution in [2.24, 2.45) is 0 Å². The molecule has 1 aromatic carbocycles. The number of hydrogen-bond donors (Lipinski definition) is 1. The van der Waals surface area contributed by atoms with E-state index in [9.17, 15) is 9.18 Å². The molecule has 1 N–H and O–H groups in total. The third kappa shape index (κ3) is 2.69. The highest BCUT2D eigenvalue weighted by molar-refractivity contribution is 5.60. The first-order valence-corrected chi connectivity index (χ1v) is 7.46. The second-order valence-electron chi connectivity index (χ2n) is 5.47. The monoisotopic (exact) mass is 320 g/mol. The van der Waals surface area contributed by atoms with Crippen LogP contribution in [0.15, 0.2) is 65.6 Å². The van der Waals surface area contributed by atoms with Gasteiger partial charge in [-0.2, -0.15) is 0 Å². The molecule has 0 fully saturated rings. The van der Waals surface area contributed by atoms with Crippen molar-refractivity contribution in [3.8, 4) is 11.4 Å². The number of benzene rings is 1. The molecular weight excluding hydrogens is 307 g/mol. The summed E-state index contributed by atoms with van der Waals surface area (Å²) < 4.78 is 14.4. The first-order chi connectivity index (χ1) is 11.7. The van der Waals surface area contributed by atoms with Crippen LogP contribution >= 0.6 is 0 Å². The van der Waals surface area contributed by atoms with Crippen molar-refractivity contribution < 1.29 is 4.39 Å². The zero-order valence-corrected chi connectivity index (χ0v) is 12.6. The number of aromatic amines is 1. The molecule has 3 aromatic heterocycles. The van der Waals surface area contributed by atoms with Crippen molar-refractivity contribution in [3.63, 3.8) is 0 Å². The topological polar surface area (TPSA) is 63.0 Å². The molecule has 0 radical (unpaired) electrons. The average Bonchev–Trinajstić information content (AvgIpc) is 3.03. The molecule has 0 unspecified atom stereocenters. The Morgan fingerprint density at radius 3 is 2.67 bits per heavy atom. The normalized spacial score (nSPS) is 11.0. The van der Waals surface area contributed by atoms with E-state index in [1.165, 1.54) is 22.7 Å².